The summed E-state index contributed by atoms with van der Waals surface area (Å²) in [5, 5.41) is 3.03. The number of aryl methyl sites for hydroxylation is 1. The van der Waals surface area contributed by atoms with Crippen LogP contribution in [0.15, 0.2) is 12.1 Å². The minimum absolute atomic E-state index is 0.129. The van der Waals surface area contributed by atoms with Gasteiger partial charge in [0.2, 0.25) is 0 Å². The Morgan fingerprint density at radius 3 is 2.59 bits per heavy atom. The van der Waals surface area contributed by atoms with Crippen molar-refractivity contribution >= 4 is 0 Å². The van der Waals surface area contributed by atoms with Crippen molar-refractivity contribution in [2.24, 2.45) is 0 Å². The lowest BCUT2D eigenvalue weighted by Crippen LogP contribution is -2.18. The summed E-state index contributed by atoms with van der Waals surface area (Å²) in [7, 11) is 1.77. The molecule has 0 heterocycles. The van der Waals surface area contributed by atoms with Gasteiger partial charge in [-0.15, -0.1) is 11.8 Å². The molecule has 0 aliphatic heterocycles. The molecule has 0 amide bonds. The highest BCUT2D eigenvalue weighted by atomic mass is 19.1. The molecule has 1 N–H and O–H groups in total. The molecule has 0 aliphatic rings. The molecule has 0 bridgehead atoms. The van der Waals surface area contributed by atoms with E-state index in [4.69, 9.17) is 0 Å². The van der Waals surface area contributed by atoms with Crippen molar-refractivity contribution < 1.29 is 8.78 Å². The molecule has 92 valence electrons. The van der Waals surface area contributed by atoms with E-state index in [1.807, 2.05) is 0 Å². The van der Waals surface area contributed by atoms with Gasteiger partial charge in [0.1, 0.15) is 11.6 Å². The predicted molar refractivity (Wildman–Crippen MR) is 65.6 cm³/mol. The molecule has 1 aromatic carbocycles. The Morgan fingerprint density at radius 2 is 2.00 bits per heavy atom. The van der Waals surface area contributed by atoms with Gasteiger partial charge >= 0.3 is 0 Å². The maximum Gasteiger partial charge on any atom is 0.130 e. The van der Waals surface area contributed by atoms with Crippen LogP contribution in [0.1, 0.15) is 36.9 Å². The van der Waals surface area contributed by atoms with Crippen molar-refractivity contribution in [3.05, 3.63) is 34.9 Å². The second-order valence-corrected chi connectivity index (χ2v) is 3.93. The molecule has 0 aliphatic carbocycles. The number of hydrogen-bond acceptors (Lipinski definition) is 1. The number of benzene rings is 1. The van der Waals surface area contributed by atoms with E-state index in [2.05, 4.69) is 17.2 Å². The van der Waals surface area contributed by atoms with Gasteiger partial charge in [-0.1, -0.05) is 0 Å². The molecule has 1 unspecified atom stereocenters. The molecule has 1 nitrogen and oxygen atoms in total. The maximum absolute atomic E-state index is 13.7. The van der Waals surface area contributed by atoms with Crippen molar-refractivity contribution in [2.75, 3.05) is 7.05 Å². The minimum Gasteiger partial charge on any atom is -0.313 e. The fourth-order valence-corrected chi connectivity index (χ4v) is 1.74. The molecule has 17 heavy (non-hydrogen) atoms. The molecule has 3 heteroatoms. The first kappa shape index (κ1) is 13.7. The lowest BCUT2D eigenvalue weighted by atomic mass is 9.99. The van der Waals surface area contributed by atoms with E-state index in [1.165, 1.54) is 0 Å². The van der Waals surface area contributed by atoms with Gasteiger partial charge in [0.15, 0.2) is 0 Å². The smallest absolute Gasteiger partial charge is 0.130 e. The normalized spacial score (nSPS) is 11.8. The van der Waals surface area contributed by atoms with Gasteiger partial charge in [-0.3, -0.25) is 0 Å². The lowest BCUT2D eigenvalue weighted by Gasteiger charge is -2.17. The quantitative estimate of drug-likeness (QED) is 0.792. The zero-order chi connectivity index (χ0) is 12.8. The largest absolute Gasteiger partial charge is 0.313 e. The van der Waals surface area contributed by atoms with Crippen molar-refractivity contribution in [2.45, 2.75) is 32.7 Å². The molecular weight excluding hydrogens is 220 g/mol. The number of rotatable bonds is 4. The third-order valence-corrected chi connectivity index (χ3v) is 2.74. The highest BCUT2D eigenvalue weighted by Crippen LogP contribution is 2.23. The van der Waals surface area contributed by atoms with Crippen LogP contribution in [0.3, 0.4) is 0 Å². The maximum atomic E-state index is 13.7. The monoisotopic (exact) mass is 237 g/mol. The van der Waals surface area contributed by atoms with Crippen molar-refractivity contribution in [3.8, 4) is 11.8 Å². The van der Waals surface area contributed by atoms with Gasteiger partial charge in [0.05, 0.1) is 0 Å². The van der Waals surface area contributed by atoms with Crippen molar-refractivity contribution in [1.82, 2.24) is 5.32 Å². The zero-order valence-electron chi connectivity index (χ0n) is 10.4. The van der Waals surface area contributed by atoms with Crippen LogP contribution < -0.4 is 5.32 Å². The predicted octanol–water partition coefficient (Wildman–Crippen LogP) is 3.34. The van der Waals surface area contributed by atoms with Crippen molar-refractivity contribution in [3.63, 3.8) is 0 Å². The molecule has 0 radical (unpaired) electrons. The van der Waals surface area contributed by atoms with Crippen LogP contribution >= 0.6 is 0 Å². The van der Waals surface area contributed by atoms with Crippen LogP contribution in [-0.2, 0) is 0 Å². The summed E-state index contributed by atoms with van der Waals surface area (Å²) >= 11 is 0. The van der Waals surface area contributed by atoms with E-state index in [0.29, 0.717) is 24.0 Å². The Balaban J connectivity index is 2.93. The molecule has 0 fully saturated rings. The van der Waals surface area contributed by atoms with Crippen LogP contribution in [0.5, 0.6) is 0 Å². The number of nitrogens with one attached hydrogen (secondary N) is 1. The Kier molecular flexibility index (Phi) is 5.11. The van der Waals surface area contributed by atoms with E-state index >= 15 is 0 Å². The van der Waals surface area contributed by atoms with Crippen LogP contribution in [-0.4, -0.2) is 7.05 Å². The summed E-state index contributed by atoms with van der Waals surface area (Å²) < 4.78 is 26.8. The summed E-state index contributed by atoms with van der Waals surface area (Å²) in [6.45, 7) is 3.41. The second kappa shape index (κ2) is 6.36. The molecule has 0 spiro atoms. The van der Waals surface area contributed by atoms with Gasteiger partial charge in [0.25, 0.3) is 0 Å². The number of hydrogen-bond donors (Lipinski definition) is 1. The fraction of sp³-hybridized carbons (Fsp3) is 0.429. The van der Waals surface area contributed by atoms with Gasteiger partial charge in [-0.25, -0.2) is 8.78 Å². The fourth-order valence-electron chi connectivity index (χ4n) is 1.74. The first-order chi connectivity index (χ1) is 8.10. The summed E-state index contributed by atoms with van der Waals surface area (Å²) in [6, 6.07) is 2.38. The third kappa shape index (κ3) is 3.54. The van der Waals surface area contributed by atoms with Crippen LogP contribution in [0.2, 0.25) is 0 Å². The summed E-state index contributed by atoms with van der Waals surface area (Å²) in [5.41, 5.74) is 0.965. The Morgan fingerprint density at radius 1 is 1.29 bits per heavy atom. The third-order valence-electron chi connectivity index (χ3n) is 2.74. The van der Waals surface area contributed by atoms with E-state index in [9.17, 15) is 8.78 Å². The molecule has 0 saturated carbocycles. The Hall–Kier alpha value is -1.40. The summed E-state index contributed by atoms with van der Waals surface area (Å²) in [5.74, 6) is 4.74. The van der Waals surface area contributed by atoms with Crippen LogP contribution in [0.25, 0.3) is 0 Å². The Labute approximate surface area is 101 Å². The highest BCUT2D eigenvalue weighted by molar-refractivity contribution is 5.28. The lowest BCUT2D eigenvalue weighted by molar-refractivity contribution is 0.503. The molecule has 1 rings (SSSR count). The molecule has 0 saturated heterocycles. The average Bonchev–Trinajstić information content (AvgIpc) is 2.30. The van der Waals surface area contributed by atoms with E-state index in [1.54, 1.807) is 27.0 Å². The van der Waals surface area contributed by atoms with E-state index in [-0.39, 0.29) is 6.04 Å². The standard InChI is InChI=1S/C14H17F2N/c1-4-5-6-7-14(17-3)11-8-10(2)12(15)9-13(11)16/h8-9,14,17H,6-7H2,1-3H3. The topological polar surface area (TPSA) is 12.0 Å². The van der Waals surface area contributed by atoms with E-state index in [0.717, 1.165) is 6.07 Å². The minimum atomic E-state index is -0.505. The van der Waals surface area contributed by atoms with Gasteiger partial charge in [0, 0.05) is 24.1 Å². The van der Waals surface area contributed by atoms with Crippen LogP contribution in [0.4, 0.5) is 8.78 Å². The summed E-state index contributed by atoms with van der Waals surface area (Å²) in [4.78, 5) is 0. The van der Waals surface area contributed by atoms with Gasteiger partial charge in [-0.2, -0.15) is 0 Å². The van der Waals surface area contributed by atoms with Gasteiger partial charge < -0.3 is 5.32 Å². The van der Waals surface area contributed by atoms with Crippen molar-refractivity contribution in [1.29, 1.82) is 0 Å². The molecule has 1 aromatic rings. The highest BCUT2D eigenvalue weighted by Gasteiger charge is 2.15. The summed E-state index contributed by atoms with van der Waals surface area (Å²) in [6.07, 6.45) is 1.40. The van der Waals surface area contributed by atoms with E-state index < -0.39 is 11.6 Å². The zero-order valence-corrected chi connectivity index (χ0v) is 10.4. The second-order valence-electron chi connectivity index (χ2n) is 3.93. The average molecular weight is 237 g/mol. The number of halogens is 2. The molecule has 1 atom stereocenters. The molecule has 0 aromatic heterocycles. The van der Waals surface area contributed by atoms with Gasteiger partial charge in [-0.05, 0) is 38.9 Å². The first-order valence-corrected chi connectivity index (χ1v) is 5.62. The molecular formula is C14H17F2N. The Bertz CT molecular complexity index is 444. The SMILES string of the molecule is CC#CCCC(NC)c1cc(C)c(F)cc1F. The van der Waals surface area contributed by atoms with Crippen LogP contribution in [0, 0.1) is 30.4 Å². The first-order valence-electron chi connectivity index (χ1n) is 5.62.